The zero-order chi connectivity index (χ0) is 14.7. The molecule has 0 saturated carbocycles. The van der Waals surface area contributed by atoms with Crippen molar-refractivity contribution in [2.24, 2.45) is 0 Å². The molecule has 1 N–H and O–H groups in total. The summed E-state index contributed by atoms with van der Waals surface area (Å²) in [5, 5.41) is 8.86. The summed E-state index contributed by atoms with van der Waals surface area (Å²) < 4.78 is 5.27. The Morgan fingerprint density at radius 2 is 1.85 bits per heavy atom. The second kappa shape index (κ2) is 6.05. The van der Waals surface area contributed by atoms with Gasteiger partial charge in [0, 0.05) is 13.6 Å². The number of amides is 1. The van der Waals surface area contributed by atoms with E-state index >= 15 is 0 Å². The monoisotopic (exact) mass is 277 g/mol. The Morgan fingerprint density at radius 1 is 1.25 bits per heavy atom. The number of aryl methyl sites for hydroxylation is 1. The molecule has 2 atom stereocenters. The van der Waals surface area contributed by atoms with E-state index in [0.29, 0.717) is 19.4 Å². The Labute approximate surface area is 118 Å². The normalized spacial score (nSPS) is 21.7. The summed E-state index contributed by atoms with van der Waals surface area (Å²) in [7, 11) is 1.71. The summed E-state index contributed by atoms with van der Waals surface area (Å²) in [5.74, 6) is -1.16. The third-order valence-corrected chi connectivity index (χ3v) is 3.49. The number of benzene rings is 1. The fraction of sp³-hybridized carbons (Fsp3) is 0.467. The minimum absolute atomic E-state index is 0.158. The van der Waals surface area contributed by atoms with Crippen molar-refractivity contribution < 1.29 is 19.4 Å². The average molecular weight is 277 g/mol. The second-order valence-corrected chi connectivity index (χ2v) is 5.21. The molecule has 5 nitrogen and oxygen atoms in total. The van der Waals surface area contributed by atoms with Gasteiger partial charge < -0.3 is 14.7 Å². The SMILES string of the molecule is Cc1ccc(CN(C)C(=O)C2CCC(C(=O)O)O2)cc1. The lowest BCUT2D eigenvalue weighted by Crippen LogP contribution is -2.36. The van der Waals surface area contributed by atoms with Crippen LogP contribution >= 0.6 is 0 Å². The number of carbonyl (C=O) groups excluding carboxylic acids is 1. The van der Waals surface area contributed by atoms with Crippen molar-refractivity contribution in [2.45, 2.75) is 38.5 Å². The molecule has 0 aliphatic carbocycles. The number of likely N-dealkylation sites (N-methyl/N-ethyl adjacent to an activating group) is 1. The maximum atomic E-state index is 12.2. The maximum Gasteiger partial charge on any atom is 0.332 e. The fourth-order valence-corrected chi connectivity index (χ4v) is 2.29. The zero-order valence-electron chi connectivity index (χ0n) is 11.7. The molecule has 1 aliphatic rings. The predicted octanol–water partition coefficient (Wildman–Crippen LogP) is 1.59. The van der Waals surface area contributed by atoms with Crippen LogP contribution < -0.4 is 0 Å². The molecule has 1 heterocycles. The first-order valence-electron chi connectivity index (χ1n) is 6.66. The van der Waals surface area contributed by atoms with Crippen LogP contribution in [0.15, 0.2) is 24.3 Å². The molecule has 0 bridgehead atoms. The van der Waals surface area contributed by atoms with Gasteiger partial charge in [-0.25, -0.2) is 4.79 Å². The number of hydrogen-bond acceptors (Lipinski definition) is 3. The standard InChI is InChI=1S/C15H19NO4/c1-10-3-5-11(6-4-10)9-16(2)14(17)12-7-8-13(20-12)15(18)19/h3-6,12-13H,7-9H2,1-2H3,(H,18,19). The van der Waals surface area contributed by atoms with Crippen LogP contribution in [0.25, 0.3) is 0 Å². The van der Waals surface area contributed by atoms with Crippen molar-refractivity contribution in [3.63, 3.8) is 0 Å². The molecule has 2 unspecified atom stereocenters. The largest absolute Gasteiger partial charge is 0.479 e. The van der Waals surface area contributed by atoms with E-state index in [1.54, 1.807) is 11.9 Å². The third kappa shape index (κ3) is 3.36. The zero-order valence-corrected chi connectivity index (χ0v) is 11.7. The van der Waals surface area contributed by atoms with E-state index in [9.17, 15) is 9.59 Å². The lowest BCUT2D eigenvalue weighted by molar-refractivity contribution is -0.154. The number of aliphatic carboxylic acids is 1. The van der Waals surface area contributed by atoms with Crippen molar-refractivity contribution in [1.82, 2.24) is 4.90 Å². The molecule has 1 aliphatic heterocycles. The van der Waals surface area contributed by atoms with Crippen LogP contribution in [0.5, 0.6) is 0 Å². The number of carboxylic acids is 1. The Morgan fingerprint density at radius 3 is 2.40 bits per heavy atom. The minimum atomic E-state index is -0.999. The molecule has 1 fully saturated rings. The van der Waals surface area contributed by atoms with Gasteiger partial charge in [0.15, 0.2) is 6.10 Å². The second-order valence-electron chi connectivity index (χ2n) is 5.21. The number of ether oxygens (including phenoxy) is 1. The van der Waals surface area contributed by atoms with Crippen LogP contribution in [0.3, 0.4) is 0 Å². The van der Waals surface area contributed by atoms with Crippen LogP contribution in [-0.2, 0) is 20.9 Å². The minimum Gasteiger partial charge on any atom is -0.479 e. The molecule has 0 aromatic heterocycles. The Hall–Kier alpha value is -1.88. The van der Waals surface area contributed by atoms with Crippen LogP contribution in [0.1, 0.15) is 24.0 Å². The summed E-state index contributed by atoms with van der Waals surface area (Å²) in [6.07, 6.45) is -0.624. The van der Waals surface area contributed by atoms with E-state index in [1.165, 1.54) is 5.56 Å². The van der Waals surface area contributed by atoms with Crippen molar-refractivity contribution in [1.29, 1.82) is 0 Å². The highest BCUT2D eigenvalue weighted by Crippen LogP contribution is 2.22. The molecule has 5 heteroatoms. The van der Waals surface area contributed by atoms with Crippen LogP contribution in [0.2, 0.25) is 0 Å². The van der Waals surface area contributed by atoms with Crippen LogP contribution in [-0.4, -0.2) is 41.1 Å². The van der Waals surface area contributed by atoms with Gasteiger partial charge in [0.1, 0.15) is 6.10 Å². The number of hydrogen-bond donors (Lipinski definition) is 1. The predicted molar refractivity (Wildman–Crippen MR) is 73.2 cm³/mol. The van der Waals surface area contributed by atoms with Crippen LogP contribution in [0, 0.1) is 6.92 Å². The van der Waals surface area contributed by atoms with Gasteiger partial charge in [0.05, 0.1) is 0 Å². The highest BCUT2D eigenvalue weighted by Gasteiger charge is 2.35. The number of nitrogens with zero attached hydrogens (tertiary/aromatic N) is 1. The fourth-order valence-electron chi connectivity index (χ4n) is 2.29. The molecule has 1 aromatic rings. The van der Waals surface area contributed by atoms with E-state index in [1.807, 2.05) is 31.2 Å². The van der Waals surface area contributed by atoms with Gasteiger partial charge in [-0.1, -0.05) is 29.8 Å². The summed E-state index contributed by atoms with van der Waals surface area (Å²) in [6.45, 7) is 2.51. The third-order valence-electron chi connectivity index (χ3n) is 3.49. The van der Waals surface area contributed by atoms with Gasteiger partial charge in [0.25, 0.3) is 5.91 Å². The van der Waals surface area contributed by atoms with E-state index in [-0.39, 0.29) is 5.91 Å². The Balaban J connectivity index is 1.92. The molecule has 108 valence electrons. The number of carboxylic acid groups (broad SMARTS) is 1. The first-order chi connectivity index (χ1) is 9.47. The van der Waals surface area contributed by atoms with Crippen LogP contribution in [0.4, 0.5) is 0 Å². The number of carbonyl (C=O) groups is 2. The molecule has 1 amide bonds. The molecular weight excluding hydrogens is 258 g/mol. The van der Waals surface area contributed by atoms with Gasteiger partial charge in [-0.05, 0) is 25.3 Å². The van der Waals surface area contributed by atoms with Gasteiger partial charge >= 0.3 is 5.97 Å². The van der Waals surface area contributed by atoms with Crippen molar-refractivity contribution in [3.05, 3.63) is 35.4 Å². The summed E-state index contributed by atoms with van der Waals surface area (Å²) in [5.41, 5.74) is 2.21. The average Bonchev–Trinajstić information content (AvgIpc) is 2.90. The molecule has 2 rings (SSSR count). The van der Waals surface area contributed by atoms with E-state index in [4.69, 9.17) is 9.84 Å². The molecule has 0 spiro atoms. The van der Waals surface area contributed by atoms with Gasteiger partial charge in [-0.3, -0.25) is 4.79 Å². The Kier molecular flexibility index (Phi) is 4.39. The topological polar surface area (TPSA) is 66.8 Å². The first kappa shape index (κ1) is 14.5. The molecule has 20 heavy (non-hydrogen) atoms. The quantitative estimate of drug-likeness (QED) is 0.907. The first-order valence-corrected chi connectivity index (χ1v) is 6.66. The summed E-state index contributed by atoms with van der Waals surface area (Å²) >= 11 is 0. The van der Waals surface area contributed by atoms with Gasteiger partial charge in [-0.2, -0.15) is 0 Å². The van der Waals surface area contributed by atoms with E-state index in [0.717, 1.165) is 5.56 Å². The van der Waals surface area contributed by atoms with Crippen molar-refractivity contribution in [3.8, 4) is 0 Å². The molecule has 0 radical (unpaired) electrons. The molecule has 1 aromatic carbocycles. The molecule has 1 saturated heterocycles. The van der Waals surface area contributed by atoms with Gasteiger partial charge in [-0.15, -0.1) is 0 Å². The summed E-state index contributed by atoms with van der Waals surface area (Å²) in [4.78, 5) is 24.6. The smallest absolute Gasteiger partial charge is 0.332 e. The Bertz CT molecular complexity index is 497. The molecular formula is C15H19NO4. The highest BCUT2D eigenvalue weighted by atomic mass is 16.5. The van der Waals surface area contributed by atoms with E-state index < -0.39 is 18.2 Å². The highest BCUT2D eigenvalue weighted by molar-refractivity contribution is 5.82. The number of rotatable bonds is 4. The maximum absolute atomic E-state index is 12.2. The summed E-state index contributed by atoms with van der Waals surface area (Å²) in [6, 6.07) is 7.96. The van der Waals surface area contributed by atoms with Crippen molar-refractivity contribution in [2.75, 3.05) is 7.05 Å². The lowest BCUT2D eigenvalue weighted by Gasteiger charge is -2.21. The van der Waals surface area contributed by atoms with Gasteiger partial charge in [0.2, 0.25) is 0 Å². The lowest BCUT2D eigenvalue weighted by atomic mass is 10.1. The van der Waals surface area contributed by atoms with E-state index in [2.05, 4.69) is 0 Å². The van der Waals surface area contributed by atoms with Crippen molar-refractivity contribution >= 4 is 11.9 Å².